The standard InChI is InChI=1S/C20H19N3O5/c1-23-17(20(26)21-11-18(23)24)10-13-4-8-16(9-5-13)28-12-14-2-6-15(7-3-14)19(25)22-27/h2-10,27H,11-12H2,1H3,(H,21,26)(H,22,25)/b17-10-. The lowest BCUT2D eigenvalue weighted by atomic mass is 10.1. The number of benzene rings is 2. The summed E-state index contributed by atoms with van der Waals surface area (Å²) < 4.78 is 5.71. The molecule has 2 aromatic carbocycles. The Labute approximate surface area is 161 Å². The fraction of sp³-hybridized carbons (Fsp3) is 0.150. The van der Waals surface area contributed by atoms with Crippen LogP contribution in [0.1, 0.15) is 21.5 Å². The van der Waals surface area contributed by atoms with Gasteiger partial charge in [-0.3, -0.25) is 19.6 Å². The molecule has 1 fully saturated rings. The van der Waals surface area contributed by atoms with Crippen LogP contribution < -0.4 is 15.5 Å². The average Bonchev–Trinajstić information content (AvgIpc) is 2.73. The van der Waals surface area contributed by atoms with Gasteiger partial charge in [-0.1, -0.05) is 24.3 Å². The number of amides is 3. The second-order valence-electron chi connectivity index (χ2n) is 6.16. The minimum absolute atomic E-state index is 0.00506. The number of ether oxygens (including phenoxy) is 1. The molecule has 3 N–H and O–H groups in total. The molecule has 1 saturated heterocycles. The molecule has 0 saturated carbocycles. The Morgan fingerprint density at radius 3 is 2.50 bits per heavy atom. The van der Waals surface area contributed by atoms with Gasteiger partial charge < -0.3 is 15.0 Å². The van der Waals surface area contributed by atoms with Crippen molar-refractivity contribution in [1.82, 2.24) is 15.7 Å². The Balaban J connectivity index is 1.63. The second kappa shape index (κ2) is 8.36. The molecule has 0 aliphatic carbocycles. The lowest BCUT2D eigenvalue weighted by molar-refractivity contribution is -0.135. The highest BCUT2D eigenvalue weighted by atomic mass is 16.5. The molecule has 2 aromatic rings. The van der Waals surface area contributed by atoms with E-state index >= 15 is 0 Å². The second-order valence-corrected chi connectivity index (χ2v) is 6.16. The summed E-state index contributed by atoms with van der Waals surface area (Å²) in [5.74, 6) is -0.401. The summed E-state index contributed by atoms with van der Waals surface area (Å²) in [7, 11) is 1.57. The van der Waals surface area contributed by atoms with Gasteiger partial charge in [0.25, 0.3) is 11.8 Å². The number of likely N-dealkylation sites (N-methyl/N-ethyl adjacent to an activating group) is 1. The molecule has 0 atom stereocenters. The minimum Gasteiger partial charge on any atom is -0.489 e. The average molecular weight is 381 g/mol. The van der Waals surface area contributed by atoms with Crippen molar-refractivity contribution in [1.29, 1.82) is 0 Å². The lowest BCUT2D eigenvalue weighted by Gasteiger charge is -2.25. The van der Waals surface area contributed by atoms with E-state index in [9.17, 15) is 14.4 Å². The molecule has 1 aliphatic rings. The summed E-state index contributed by atoms with van der Waals surface area (Å²) in [4.78, 5) is 36.3. The molecule has 144 valence electrons. The van der Waals surface area contributed by atoms with E-state index in [0.717, 1.165) is 11.1 Å². The van der Waals surface area contributed by atoms with Crippen molar-refractivity contribution in [3.8, 4) is 5.75 Å². The highest BCUT2D eigenvalue weighted by molar-refractivity contribution is 6.05. The fourth-order valence-corrected chi connectivity index (χ4v) is 2.62. The third-order valence-corrected chi connectivity index (χ3v) is 4.27. The number of piperazine rings is 1. The predicted octanol–water partition coefficient (Wildman–Crippen LogP) is 1.31. The minimum atomic E-state index is -0.573. The molecule has 0 radical (unpaired) electrons. The summed E-state index contributed by atoms with van der Waals surface area (Å²) in [6.45, 7) is 0.312. The normalized spacial score (nSPS) is 15.4. The van der Waals surface area contributed by atoms with Gasteiger partial charge in [-0.25, -0.2) is 5.48 Å². The molecule has 0 bridgehead atoms. The molecule has 0 spiro atoms. The number of rotatable bonds is 5. The molecule has 3 amide bonds. The van der Waals surface area contributed by atoms with Gasteiger partial charge in [-0.15, -0.1) is 0 Å². The number of hydrogen-bond acceptors (Lipinski definition) is 5. The fourth-order valence-electron chi connectivity index (χ4n) is 2.62. The molecule has 8 heteroatoms. The van der Waals surface area contributed by atoms with Crippen molar-refractivity contribution in [2.75, 3.05) is 13.6 Å². The topological polar surface area (TPSA) is 108 Å². The number of hydroxylamine groups is 1. The molecular weight excluding hydrogens is 362 g/mol. The van der Waals surface area contributed by atoms with Gasteiger partial charge >= 0.3 is 0 Å². The molecular formula is C20H19N3O5. The Bertz CT molecular complexity index is 920. The van der Waals surface area contributed by atoms with Crippen LogP contribution in [0.3, 0.4) is 0 Å². The van der Waals surface area contributed by atoms with Crippen LogP contribution in [0.15, 0.2) is 54.2 Å². The van der Waals surface area contributed by atoms with E-state index in [0.29, 0.717) is 17.9 Å². The third-order valence-electron chi connectivity index (χ3n) is 4.27. The third kappa shape index (κ3) is 4.36. The lowest BCUT2D eigenvalue weighted by Crippen LogP contribution is -2.47. The smallest absolute Gasteiger partial charge is 0.274 e. The Kier molecular flexibility index (Phi) is 5.71. The van der Waals surface area contributed by atoms with Crippen molar-refractivity contribution in [2.45, 2.75) is 6.61 Å². The first-order valence-corrected chi connectivity index (χ1v) is 8.50. The van der Waals surface area contributed by atoms with Gasteiger partial charge in [-0.05, 0) is 41.5 Å². The van der Waals surface area contributed by atoms with E-state index in [1.165, 1.54) is 4.90 Å². The molecule has 0 unspecified atom stereocenters. The first kappa shape index (κ1) is 19.1. The van der Waals surface area contributed by atoms with Crippen LogP contribution in [-0.4, -0.2) is 41.4 Å². The molecule has 1 heterocycles. The highest BCUT2D eigenvalue weighted by Gasteiger charge is 2.25. The van der Waals surface area contributed by atoms with Crippen molar-refractivity contribution >= 4 is 23.8 Å². The van der Waals surface area contributed by atoms with Gasteiger partial charge in [0.2, 0.25) is 5.91 Å². The predicted molar refractivity (Wildman–Crippen MR) is 100 cm³/mol. The largest absolute Gasteiger partial charge is 0.489 e. The number of nitrogens with zero attached hydrogens (tertiary/aromatic N) is 1. The summed E-state index contributed by atoms with van der Waals surface area (Å²) in [5, 5.41) is 11.1. The van der Waals surface area contributed by atoms with E-state index in [4.69, 9.17) is 9.94 Å². The van der Waals surface area contributed by atoms with E-state index < -0.39 is 5.91 Å². The van der Waals surface area contributed by atoms with E-state index in [2.05, 4.69) is 5.32 Å². The summed E-state index contributed by atoms with van der Waals surface area (Å²) in [6, 6.07) is 13.8. The Morgan fingerprint density at radius 1 is 1.18 bits per heavy atom. The molecule has 1 aliphatic heterocycles. The van der Waals surface area contributed by atoms with Crippen molar-refractivity contribution in [2.24, 2.45) is 0 Å². The Hall–Kier alpha value is -3.65. The zero-order valence-electron chi connectivity index (χ0n) is 15.1. The van der Waals surface area contributed by atoms with Crippen LogP contribution in [0.25, 0.3) is 6.08 Å². The maximum atomic E-state index is 11.9. The summed E-state index contributed by atoms with van der Waals surface area (Å²) >= 11 is 0. The maximum absolute atomic E-state index is 11.9. The highest BCUT2D eigenvalue weighted by Crippen LogP contribution is 2.18. The summed E-state index contributed by atoms with van der Waals surface area (Å²) in [6.07, 6.45) is 1.64. The zero-order valence-corrected chi connectivity index (χ0v) is 15.1. The molecule has 28 heavy (non-hydrogen) atoms. The SMILES string of the molecule is CN1C(=O)CNC(=O)/C1=C/c1ccc(OCc2ccc(C(=O)NO)cc2)cc1. The molecule has 3 rings (SSSR count). The van der Waals surface area contributed by atoms with E-state index in [1.807, 2.05) is 0 Å². The maximum Gasteiger partial charge on any atom is 0.274 e. The number of carbonyl (C=O) groups excluding carboxylic acids is 3. The zero-order chi connectivity index (χ0) is 20.1. The quantitative estimate of drug-likeness (QED) is 0.411. The van der Waals surface area contributed by atoms with Crippen LogP contribution in [0, 0.1) is 0 Å². The monoisotopic (exact) mass is 381 g/mol. The Morgan fingerprint density at radius 2 is 1.86 bits per heavy atom. The van der Waals surface area contributed by atoms with Gasteiger partial charge in [0.05, 0.1) is 6.54 Å². The van der Waals surface area contributed by atoms with Crippen LogP contribution in [0.2, 0.25) is 0 Å². The van der Waals surface area contributed by atoms with Crippen LogP contribution >= 0.6 is 0 Å². The van der Waals surface area contributed by atoms with Crippen LogP contribution in [-0.2, 0) is 16.2 Å². The van der Waals surface area contributed by atoms with E-state index in [1.54, 1.807) is 67.1 Å². The van der Waals surface area contributed by atoms with Crippen LogP contribution in [0.4, 0.5) is 0 Å². The first-order valence-electron chi connectivity index (χ1n) is 8.50. The van der Waals surface area contributed by atoms with Gasteiger partial charge in [-0.2, -0.15) is 0 Å². The van der Waals surface area contributed by atoms with Gasteiger partial charge in [0, 0.05) is 12.6 Å². The van der Waals surface area contributed by atoms with Crippen molar-refractivity contribution in [3.05, 3.63) is 70.9 Å². The number of nitrogens with one attached hydrogen (secondary N) is 2. The first-order chi connectivity index (χ1) is 13.5. The van der Waals surface area contributed by atoms with E-state index in [-0.39, 0.29) is 24.1 Å². The van der Waals surface area contributed by atoms with Gasteiger partial charge in [0.1, 0.15) is 18.1 Å². The number of hydrogen-bond donors (Lipinski definition) is 3. The number of carbonyl (C=O) groups is 3. The van der Waals surface area contributed by atoms with Crippen molar-refractivity contribution < 1.29 is 24.3 Å². The van der Waals surface area contributed by atoms with Gasteiger partial charge in [0.15, 0.2) is 0 Å². The molecule has 8 nitrogen and oxygen atoms in total. The molecule has 0 aromatic heterocycles. The van der Waals surface area contributed by atoms with Crippen LogP contribution in [0.5, 0.6) is 5.75 Å². The summed E-state index contributed by atoms with van der Waals surface area (Å²) in [5.41, 5.74) is 3.84. The van der Waals surface area contributed by atoms with Crippen molar-refractivity contribution in [3.63, 3.8) is 0 Å².